The lowest BCUT2D eigenvalue weighted by atomic mass is 10.0. The van der Waals surface area contributed by atoms with Crippen molar-refractivity contribution >= 4 is 33.4 Å². The lowest BCUT2D eigenvalue weighted by Crippen LogP contribution is -2.40. The number of nitro groups is 1. The highest BCUT2D eigenvalue weighted by Gasteiger charge is 2.35. The molecule has 1 amide bonds. The molecule has 18 heavy (non-hydrogen) atoms. The van der Waals surface area contributed by atoms with Gasteiger partial charge in [0, 0.05) is 6.07 Å². The van der Waals surface area contributed by atoms with Crippen molar-refractivity contribution in [3.8, 4) is 0 Å². The second-order valence-corrected chi connectivity index (χ2v) is 4.91. The lowest BCUT2D eigenvalue weighted by Gasteiger charge is -2.32. The van der Waals surface area contributed by atoms with Crippen LogP contribution in [0.4, 0.5) is 16.2 Å². The monoisotopic (exact) mass is 314 g/mol. The maximum Gasteiger partial charge on any atom is 0.415 e. The molecule has 1 heterocycles. The van der Waals surface area contributed by atoms with Gasteiger partial charge in [-0.2, -0.15) is 0 Å². The summed E-state index contributed by atoms with van der Waals surface area (Å²) in [5, 5.41) is 11.0. The number of rotatable bonds is 1. The average Bonchev–Trinajstić information content (AvgIpc) is 2.37. The summed E-state index contributed by atoms with van der Waals surface area (Å²) in [6.45, 7) is 0. The number of fused-ring (bicyclic) bond motifs is 1. The number of nitrogens with zero attached hydrogens (tertiary/aromatic N) is 2. The van der Waals surface area contributed by atoms with Gasteiger partial charge in [-0.25, -0.2) is 4.79 Å². The summed E-state index contributed by atoms with van der Waals surface area (Å²) in [7, 11) is 1.26. The molecular formula is C11H11BrN2O4. The van der Waals surface area contributed by atoms with Gasteiger partial charge in [0.15, 0.2) is 0 Å². The van der Waals surface area contributed by atoms with E-state index in [0.29, 0.717) is 18.5 Å². The first kappa shape index (κ1) is 12.8. The number of carbonyl (C=O) groups is 1. The Morgan fingerprint density at radius 2 is 2.33 bits per heavy atom. The molecule has 0 aliphatic carbocycles. The number of alkyl halides is 1. The predicted molar refractivity (Wildman–Crippen MR) is 69.0 cm³/mol. The Hall–Kier alpha value is -1.63. The van der Waals surface area contributed by atoms with Crippen molar-refractivity contribution in [3.05, 3.63) is 33.9 Å². The van der Waals surface area contributed by atoms with E-state index in [9.17, 15) is 14.9 Å². The normalized spacial score (nSPS) is 18.1. The molecular weight excluding hydrogens is 304 g/mol. The van der Waals surface area contributed by atoms with Crippen molar-refractivity contribution < 1.29 is 14.5 Å². The zero-order valence-corrected chi connectivity index (χ0v) is 11.2. The molecule has 1 aliphatic rings. The number of methoxy groups -OCH3 is 1. The van der Waals surface area contributed by atoms with Crippen LogP contribution in [0.25, 0.3) is 0 Å². The van der Waals surface area contributed by atoms with Gasteiger partial charge in [0.25, 0.3) is 5.69 Å². The summed E-state index contributed by atoms with van der Waals surface area (Å²) in [4.78, 5) is 23.3. The van der Waals surface area contributed by atoms with E-state index in [1.165, 1.54) is 18.1 Å². The summed E-state index contributed by atoms with van der Waals surface area (Å²) in [5.41, 5.74) is 1.02. The fourth-order valence-corrected chi connectivity index (χ4v) is 2.65. The first-order valence-electron chi connectivity index (χ1n) is 5.33. The molecule has 1 unspecified atom stereocenters. The van der Waals surface area contributed by atoms with Crippen molar-refractivity contribution in [1.82, 2.24) is 0 Å². The van der Waals surface area contributed by atoms with E-state index in [-0.39, 0.29) is 10.6 Å². The van der Waals surface area contributed by atoms with Crippen LogP contribution in [0.5, 0.6) is 0 Å². The van der Waals surface area contributed by atoms with Gasteiger partial charge in [-0.3, -0.25) is 15.0 Å². The van der Waals surface area contributed by atoms with Crippen LogP contribution >= 0.6 is 15.9 Å². The number of ether oxygens (including phenoxy) is 1. The number of hydrogen-bond donors (Lipinski definition) is 0. The summed E-state index contributed by atoms with van der Waals surface area (Å²) >= 11 is 3.35. The van der Waals surface area contributed by atoms with E-state index in [1.54, 1.807) is 12.1 Å². The number of para-hydroxylation sites is 1. The van der Waals surface area contributed by atoms with E-state index >= 15 is 0 Å². The third kappa shape index (κ3) is 2.05. The number of hydrogen-bond acceptors (Lipinski definition) is 4. The smallest absolute Gasteiger partial charge is 0.415 e. The SMILES string of the molecule is COC(=O)N1c2c(cccc2[N+](=O)[O-])CCC1Br. The van der Waals surface area contributed by atoms with Crippen molar-refractivity contribution in [1.29, 1.82) is 0 Å². The summed E-state index contributed by atoms with van der Waals surface area (Å²) in [6.07, 6.45) is 0.760. The predicted octanol–water partition coefficient (Wildman–Crippen LogP) is 2.83. The molecule has 96 valence electrons. The number of nitro benzene ring substituents is 1. The van der Waals surface area contributed by atoms with Gasteiger partial charge in [0.2, 0.25) is 0 Å². The van der Waals surface area contributed by atoms with Crippen LogP contribution in [0.3, 0.4) is 0 Å². The fraction of sp³-hybridized carbons (Fsp3) is 0.364. The molecule has 0 spiro atoms. The van der Waals surface area contributed by atoms with Crippen molar-refractivity contribution in [2.24, 2.45) is 0 Å². The molecule has 0 N–H and O–H groups in total. The number of aryl methyl sites for hydroxylation is 1. The van der Waals surface area contributed by atoms with Crippen LogP contribution in [0.2, 0.25) is 0 Å². The molecule has 1 aromatic carbocycles. The lowest BCUT2D eigenvalue weighted by molar-refractivity contribution is -0.384. The maximum atomic E-state index is 11.8. The first-order chi connectivity index (χ1) is 8.56. The van der Waals surface area contributed by atoms with Crippen LogP contribution in [-0.4, -0.2) is 23.1 Å². The van der Waals surface area contributed by atoms with E-state index in [4.69, 9.17) is 0 Å². The van der Waals surface area contributed by atoms with Crippen LogP contribution in [0.1, 0.15) is 12.0 Å². The van der Waals surface area contributed by atoms with Crippen LogP contribution in [0, 0.1) is 10.1 Å². The quantitative estimate of drug-likeness (QED) is 0.346. The van der Waals surface area contributed by atoms with Gasteiger partial charge in [0.1, 0.15) is 5.69 Å². The Labute approximate surface area is 112 Å². The number of anilines is 1. The van der Waals surface area contributed by atoms with E-state index in [1.807, 2.05) is 0 Å². The number of benzene rings is 1. The number of amides is 1. The molecule has 1 atom stereocenters. The van der Waals surface area contributed by atoms with Crippen molar-refractivity contribution in [2.75, 3.05) is 12.0 Å². The van der Waals surface area contributed by atoms with E-state index in [0.717, 1.165) is 5.56 Å². The van der Waals surface area contributed by atoms with Gasteiger partial charge in [-0.1, -0.05) is 28.1 Å². The second kappa shape index (κ2) is 4.93. The molecule has 0 fully saturated rings. The molecule has 0 radical (unpaired) electrons. The number of carbonyl (C=O) groups excluding carboxylic acids is 1. The minimum Gasteiger partial charge on any atom is -0.452 e. The zero-order valence-electron chi connectivity index (χ0n) is 9.63. The van der Waals surface area contributed by atoms with Crippen molar-refractivity contribution in [2.45, 2.75) is 17.8 Å². The van der Waals surface area contributed by atoms with Gasteiger partial charge in [-0.05, 0) is 18.4 Å². The Kier molecular flexibility index (Phi) is 3.51. The Balaban J connectivity index is 2.60. The largest absolute Gasteiger partial charge is 0.452 e. The van der Waals surface area contributed by atoms with Crippen LogP contribution in [-0.2, 0) is 11.2 Å². The summed E-state index contributed by atoms with van der Waals surface area (Å²) in [5.74, 6) is 0. The first-order valence-corrected chi connectivity index (χ1v) is 6.25. The molecule has 0 saturated carbocycles. The topological polar surface area (TPSA) is 72.7 Å². The molecule has 7 heteroatoms. The highest BCUT2D eigenvalue weighted by molar-refractivity contribution is 9.09. The third-order valence-corrected chi connectivity index (χ3v) is 3.71. The van der Waals surface area contributed by atoms with Gasteiger partial charge < -0.3 is 4.74 Å². The highest BCUT2D eigenvalue weighted by Crippen LogP contribution is 2.40. The van der Waals surface area contributed by atoms with Crippen LogP contribution < -0.4 is 4.90 Å². The summed E-state index contributed by atoms with van der Waals surface area (Å²) < 4.78 is 4.69. The third-order valence-electron chi connectivity index (χ3n) is 2.84. The van der Waals surface area contributed by atoms with Gasteiger partial charge >= 0.3 is 6.09 Å². The molecule has 0 bridgehead atoms. The zero-order chi connectivity index (χ0) is 13.3. The second-order valence-electron chi connectivity index (χ2n) is 3.86. The van der Waals surface area contributed by atoms with Gasteiger partial charge in [0.05, 0.1) is 17.0 Å². The minimum absolute atomic E-state index is 0.0814. The molecule has 1 aromatic rings. The molecule has 0 saturated heterocycles. The molecule has 1 aliphatic heterocycles. The fourth-order valence-electron chi connectivity index (χ4n) is 2.05. The minimum atomic E-state index is -0.605. The Bertz CT molecular complexity index is 506. The maximum absolute atomic E-state index is 11.8. The Morgan fingerprint density at radius 1 is 1.61 bits per heavy atom. The van der Waals surface area contributed by atoms with Crippen LogP contribution in [0.15, 0.2) is 18.2 Å². The average molecular weight is 315 g/mol. The molecule has 0 aromatic heterocycles. The van der Waals surface area contributed by atoms with Gasteiger partial charge in [-0.15, -0.1) is 0 Å². The Morgan fingerprint density at radius 3 is 2.94 bits per heavy atom. The standard InChI is InChI=1S/C11H11BrN2O4/c1-18-11(15)13-9(12)6-5-7-3-2-4-8(10(7)13)14(16)17/h2-4,9H,5-6H2,1H3. The highest BCUT2D eigenvalue weighted by atomic mass is 79.9. The molecule has 6 nitrogen and oxygen atoms in total. The van der Waals surface area contributed by atoms with Crippen molar-refractivity contribution in [3.63, 3.8) is 0 Å². The summed E-state index contributed by atoms with van der Waals surface area (Å²) in [6, 6.07) is 4.80. The molecule has 2 rings (SSSR count). The number of halogens is 1. The van der Waals surface area contributed by atoms with E-state index in [2.05, 4.69) is 20.7 Å². The van der Waals surface area contributed by atoms with E-state index < -0.39 is 11.0 Å².